The fraction of sp³-hybridized carbons (Fsp3) is 0.188. The summed E-state index contributed by atoms with van der Waals surface area (Å²) in [5, 5.41) is 19.7. The van der Waals surface area contributed by atoms with Crippen molar-refractivity contribution in [2.24, 2.45) is 0 Å². The Morgan fingerprint density at radius 2 is 1.74 bits per heavy atom. The van der Waals surface area contributed by atoms with E-state index in [9.17, 15) is 14.0 Å². The molecule has 3 N–H and O–H groups in total. The molecule has 2 heterocycles. The molecule has 2 amide bonds. The van der Waals surface area contributed by atoms with Crippen LogP contribution in [0.2, 0.25) is 0 Å². The number of ether oxygens (including phenoxy) is 1. The van der Waals surface area contributed by atoms with Gasteiger partial charge < -0.3 is 25.4 Å². The van der Waals surface area contributed by atoms with Gasteiger partial charge in [-0.25, -0.2) is 8.91 Å². The number of amides is 2. The molecule has 0 aliphatic carbocycles. The van der Waals surface area contributed by atoms with E-state index >= 15 is 0 Å². The smallest absolute Gasteiger partial charge is 0.253 e. The van der Waals surface area contributed by atoms with Crippen LogP contribution in [0.25, 0.3) is 16.8 Å². The van der Waals surface area contributed by atoms with Gasteiger partial charge in [0.05, 0.1) is 25.3 Å². The summed E-state index contributed by atoms with van der Waals surface area (Å²) in [6.07, 6.45) is 2.01. The number of nitrogens with zero attached hydrogens (tertiary/aromatic N) is 4. The number of aliphatic hydroxyl groups excluding tert-OH is 1. The van der Waals surface area contributed by atoms with E-state index in [2.05, 4.69) is 20.7 Å². The summed E-state index contributed by atoms with van der Waals surface area (Å²) in [6.45, 7) is 2.37. The van der Waals surface area contributed by atoms with Crippen LogP contribution >= 0.6 is 0 Å². The Morgan fingerprint density at radius 1 is 1.00 bits per heavy atom. The van der Waals surface area contributed by atoms with Crippen molar-refractivity contribution >= 4 is 34.8 Å². The number of likely N-dealkylation sites (N-methyl/N-ethyl adjacent to an activating group) is 1. The van der Waals surface area contributed by atoms with E-state index in [0.29, 0.717) is 40.9 Å². The topological polar surface area (TPSA) is 121 Å². The standard InChI is InChI=1S/C32H31FN6O4/c1-3-43-28-19-23(31(42)38(2)16-17-40)8-14-27(28)35-32-36-29-15-9-24(20-39(29)37-32)22-6-12-26(13-7-22)34-30(41)18-21-4-10-25(33)11-5-21/h4-15,19-20,40H,3,16-18H2,1-2H3,(H,34,41)(H,35,37). The number of aromatic nitrogens is 3. The van der Waals surface area contributed by atoms with Crippen molar-refractivity contribution in [1.29, 1.82) is 0 Å². The van der Waals surface area contributed by atoms with E-state index < -0.39 is 0 Å². The third-order valence-electron chi connectivity index (χ3n) is 6.67. The number of fused-ring (bicyclic) bond motifs is 1. The first kappa shape index (κ1) is 29.2. The van der Waals surface area contributed by atoms with Gasteiger partial charge in [0.2, 0.25) is 11.9 Å². The Hall–Kier alpha value is -5.29. The SMILES string of the molecule is CCOc1cc(C(=O)N(C)CCO)ccc1Nc1nc2ccc(-c3ccc(NC(=O)Cc4ccc(F)cc4)cc3)cn2n1. The zero-order valence-electron chi connectivity index (χ0n) is 23.8. The van der Waals surface area contributed by atoms with Crippen molar-refractivity contribution in [2.75, 3.05) is 37.4 Å². The van der Waals surface area contributed by atoms with Crippen molar-refractivity contribution in [1.82, 2.24) is 19.5 Å². The molecule has 2 aromatic heterocycles. The maximum atomic E-state index is 13.1. The number of hydrogen-bond acceptors (Lipinski definition) is 7. The fourth-order valence-corrected chi connectivity index (χ4v) is 4.47. The van der Waals surface area contributed by atoms with E-state index in [4.69, 9.17) is 9.84 Å². The average Bonchev–Trinajstić information content (AvgIpc) is 3.41. The zero-order valence-corrected chi connectivity index (χ0v) is 23.8. The Kier molecular flexibility index (Phi) is 8.92. The van der Waals surface area contributed by atoms with Gasteiger partial charge in [0, 0.05) is 36.6 Å². The summed E-state index contributed by atoms with van der Waals surface area (Å²) in [5.74, 6) is 0.0889. The van der Waals surface area contributed by atoms with Crippen LogP contribution in [0.4, 0.5) is 21.7 Å². The number of aliphatic hydroxyl groups is 1. The number of benzene rings is 3. The number of nitrogens with one attached hydrogen (secondary N) is 2. The van der Waals surface area contributed by atoms with Crippen molar-refractivity contribution in [3.05, 3.63) is 102 Å². The summed E-state index contributed by atoms with van der Waals surface area (Å²) < 4.78 is 20.5. The van der Waals surface area contributed by atoms with Gasteiger partial charge in [-0.05, 0) is 72.6 Å². The normalized spacial score (nSPS) is 10.9. The molecule has 220 valence electrons. The molecule has 10 nitrogen and oxygen atoms in total. The molecule has 5 rings (SSSR count). The molecular formula is C32H31FN6O4. The fourth-order valence-electron chi connectivity index (χ4n) is 4.47. The molecule has 3 aromatic carbocycles. The van der Waals surface area contributed by atoms with Crippen LogP contribution in [0.1, 0.15) is 22.8 Å². The molecule has 0 radical (unpaired) electrons. The molecule has 0 unspecified atom stereocenters. The lowest BCUT2D eigenvalue weighted by atomic mass is 10.1. The summed E-state index contributed by atoms with van der Waals surface area (Å²) in [7, 11) is 1.63. The molecule has 0 atom stereocenters. The second kappa shape index (κ2) is 13.1. The number of carbonyl (C=O) groups excluding carboxylic acids is 2. The number of rotatable bonds is 11. The molecule has 5 aromatic rings. The number of hydrogen-bond donors (Lipinski definition) is 3. The van der Waals surface area contributed by atoms with Gasteiger partial charge >= 0.3 is 0 Å². The van der Waals surface area contributed by atoms with Gasteiger partial charge in [-0.15, -0.1) is 5.10 Å². The highest BCUT2D eigenvalue weighted by Crippen LogP contribution is 2.29. The lowest BCUT2D eigenvalue weighted by Crippen LogP contribution is -2.29. The Bertz CT molecular complexity index is 1740. The van der Waals surface area contributed by atoms with Crippen LogP contribution in [0.5, 0.6) is 5.75 Å². The third kappa shape index (κ3) is 7.14. The summed E-state index contributed by atoms with van der Waals surface area (Å²) in [6, 6.07) is 22.2. The number of pyridine rings is 1. The van der Waals surface area contributed by atoms with Gasteiger partial charge in [0.1, 0.15) is 11.6 Å². The van der Waals surface area contributed by atoms with Crippen molar-refractivity contribution in [3.8, 4) is 16.9 Å². The van der Waals surface area contributed by atoms with Gasteiger partial charge in [0.25, 0.3) is 5.91 Å². The van der Waals surface area contributed by atoms with Crippen LogP contribution < -0.4 is 15.4 Å². The maximum absolute atomic E-state index is 13.1. The van der Waals surface area contributed by atoms with Gasteiger partial charge in [-0.2, -0.15) is 4.98 Å². The highest BCUT2D eigenvalue weighted by atomic mass is 19.1. The molecule has 0 saturated carbocycles. The molecule has 0 spiro atoms. The highest BCUT2D eigenvalue weighted by molar-refractivity contribution is 5.95. The second-order valence-corrected chi connectivity index (χ2v) is 9.80. The van der Waals surface area contributed by atoms with E-state index in [-0.39, 0.29) is 37.2 Å². The van der Waals surface area contributed by atoms with Crippen molar-refractivity contribution in [2.45, 2.75) is 13.3 Å². The largest absolute Gasteiger partial charge is 0.492 e. The molecule has 11 heteroatoms. The van der Waals surface area contributed by atoms with E-state index in [0.717, 1.165) is 16.7 Å². The second-order valence-electron chi connectivity index (χ2n) is 9.80. The van der Waals surface area contributed by atoms with E-state index in [1.54, 1.807) is 41.9 Å². The molecule has 0 aliphatic rings. The van der Waals surface area contributed by atoms with Gasteiger partial charge in [0.15, 0.2) is 5.65 Å². The summed E-state index contributed by atoms with van der Waals surface area (Å²) >= 11 is 0. The minimum absolute atomic E-state index is 0.120. The van der Waals surface area contributed by atoms with Gasteiger partial charge in [-0.1, -0.05) is 24.3 Å². The molecule has 0 saturated heterocycles. The first-order valence-electron chi connectivity index (χ1n) is 13.7. The molecule has 43 heavy (non-hydrogen) atoms. The third-order valence-corrected chi connectivity index (χ3v) is 6.67. The van der Waals surface area contributed by atoms with Crippen LogP contribution in [0.15, 0.2) is 85.1 Å². The Balaban J connectivity index is 1.28. The number of carbonyl (C=O) groups is 2. The minimum atomic E-state index is -0.337. The van der Waals surface area contributed by atoms with Gasteiger partial charge in [-0.3, -0.25) is 9.59 Å². The molecule has 0 fully saturated rings. The first-order valence-corrected chi connectivity index (χ1v) is 13.7. The molecule has 0 aliphatic heterocycles. The van der Waals surface area contributed by atoms with Crippen molar-refractivity contribution in [3.63, 3.8) is 0 Å². The van der Waals surface area contributed by atoms with E-state index in [1.165, 1.54) is 17.0 Å². The molecular weight excluding hydrogens is 551 g/mol. The monoisotopic (exact) mass is 582 g/mol. The summed E-state index contributed by atoms with van der Waals surface area (Å²) in [5.41, 5.74) is 4.89. The maximum Gasteiger partial charge on any atom is 0.253 e. The van der Waals surface area contributed by atoms with Crippen LogP contribution in [0, 0.1) is 5.82 Å². The van der Waals surface area contributed by atoms with Crippen LogP contribution in [0.3, 0.4) is 0 Å². The average molecular weight is 583 g/mol. The first-order chi connectivity index (χ1) is 20.8. The Labute approximate surface area is 247 Å². The predicted octanol–water partition coefficient (Wildman–Crippen LogP) is 4.92. The van der Waals surface area contributed by atoms with Crippen LogP contribution in [-0.2, 0) is 11.2 Å². The molecule has 0 bridgehead atoms. The zero-order chi connectivity index (χ0) is 30.3. The van der Waals surface area contributed by atoms with Crippen molar-refractivity contribution < 1.29 is 23.8 Å². The Morgan fingerprint density at radius 3 is 2.47 bits per heavy atom. The van der Waals surface area contributed by atoms with Crippen LogP contribution in [-0.4, -0.2) is 63.2 Å². The lowest BCUT2D eigenvalue weighted by Gasteiger charge is -2.17. The number of halogens is 1. The lowest BCUT2D eigenvalue weighted by molar-refractivity contribution is -0.115. The highest BCUT2D eigenvalue weighted by Gasteiger charge is 2.16. The number of anilines is 3. The summed E-state index contributed by atoms with van der Waals surface area (Å²) in [4.78, 5) is 31.0. The minimum Gasteiger partial charge on any atom is -0.492 e. The quantitative estimate of drug-likeness (QED) is 0.202. The van der Waals surface area contributed by atoms with E-state index in [1.807, 2.05) is 49.5 Å². The predicted molar refractivity (Wildman–Crippen MR) is 162 cm³/mol.